The van der Waals surface area contributed by atoms with Crippen LogP contribution in [0.3, 0.4) is 0 Å². The first-order chi connectivity index (χ1) is 9.52. The van der Waals surface area contributed by atoms with Crippen LogP contribution in [-0.2, 0) is 0 Å². The molecule has 0 saturated carbocycles. The minimum absolute atomic E-state index is 0.0247. The Labute approximate surface area is 129 Å². The molecule has 4 heteroatoms. The lowest BCUT2D eigenvalue weighted by Gasteiger charge is -2.24. The van der Waals surface area contributed by atoms with E-state index in [-0.39, 0.29) is 12.1 Å². The first-order valence-corrected chi connectivity index (χ1v) is 8.01. The third-order valence-corrected chi connectivity index (χ3v) is 4.92. The SMILES string of the molecule is CCC(N)C(Oc1ccc(Cl)c(C)c1)c1sccc1C. The number of benzene rings is 1. The van der Waals surface area contributed by atoms with Crippen LogP contribution in [0, 0.1) is 13.8 Å². The lowest BCUT2D eigenvalue weighted by Crippen LogP contribution is -2.31. The quantitative estimate of drug-likeness (QED) is 0.854. The maximum Gasteiger partial charge on any atom is 0.148 e. The highest BCUT2D eigenvalue weighted by Crippen LogP contribution is 2.32. The average molecular weight is 310 g/mol. The van der Waals surface area contributed by atoms with Gasteiger partial charge in [0, 0.05) is 15.9 Å². The first kappa shape index (κ1) is 15.4. The lowest BCUT2D eigenvalue weighted by atomic mass is 10.1. The van der Waals surface area contributed by atoms with Gasteiger partial charge >= 0.3 is 0 Å². The number of nitrogens with two attached hydrogens (primary N) is 1. The minimum Gasteiger partial charge on any atom is -0.483 e. The zero-order valence-corrected chi connectivity index (χ0v) is 13.6. The number of thiophene rings is 1. The van der Waals surface area contributed by atoms with Crippen molar-refractivity contribution in [2.45, 2.75) is 39.3 Å². The maximum absolute atomic E-state index is 6.25. The van der Waals surface area contributed by atoms with Crippen molar-refractivity contribution in [3.05, 3.63) is 50.7 Å². The molecule has 2 atom stereocenters. The molecule has 0 radical (unpaired) electrons. The van der Waals surface area contributed by atoms with Gasteiger partial charge in [-0.15, -0.1) is 11.3 Å². The van der Waals surface area contributed by atoms with Crippen LogP contribution in [0.15, 0.2) is 29.6 Å². The predicted octanol–water partition coefficient (Wildman–Crippen LogP) is 4.88. The second kappa shape index (κ2) is 6.61. The molecule has 2 aromatic rings. The highest BCUT2D eigenvalue weighted by atomic mass is 35.5. The summed E-state index contributed by atoms with van der Waals surface area (Å²) < 4.78 is 6.15. The van der Waals surface area contributed by atoms with E-state index in [4.69, 9.17) is 22.1 Å². The van der Waals surface area contributed by atoms with Crippen LogP contribution in [0.5, 0.6) is 5.75 Å². The molecule has 1 aromatic heterocycles. The summed E-state index contributed by atoms with van der Waals surface area (Å²) in [5.74, 6) is 0.814. The van der Waals surface area contributed by atoms with Crippen molar-refractivity contribution in [1.82, 2.24) is 0 Å². The number of halogens is 1. The van der Waals surface area contributed by atoms with Crippen LogP contribution in [0.25, 0.3) is 0 Å². The number of ether oxygens (including phenoxy) is 1. The van der Waals surface area contributed by atoms with Gasteiger partial charge in [0.25, 0.3) is 0 Å². The Hall–Kier alpha value is -1.03. The molecule has 2 unspecified atom stereocenters. The van der Waals surface area contributed by atoms with Gasteiger partial charge in [0.1, 0.15) is 11.9 Å². The Kier molecular flexibility index (Phi) is 5.08. The van der Waals surface area contributed by atoms with Crippen molar-refractivity contribution in [3.8, 4) is 5.75 Å². The molecule has 0 bridgehead atoms. The van der Waals surface area contributed by atoms with Gasteiger partial charge < -0.3 is 10.5 Å². The summed E-state index contributed by atoms with van der Waals surface area (Å²) in [4.78, 5) is 1.20. The van der Waals surface area contributed by atoms with E-state index in [0.29, 0.717) is 0 Å². The van der Waals surface area contributed by atoms with Gasteiger partial charge in [-0.2, -0.15) is 0 Å². The Bertz CT molecular complexity index is 582. The van der Waals surface area contributed by atoms with Gasteiger partial charge in [-0.25, -0.2) is 0 Å². The van der Waals surface area contributed by atoms with Gasteiger partial charge in [0.2, 0.25) is 0 Å². The highest BCUT2D eigenvalue weighted by molar-refractivity contribution is 7.10. The van der Waals surface area contributed by atoms with E-state index in [2.05, 4.69) is 25.3 Å². The molecule has 2 rings (SSSR count). The number of aryl methyl sites for hydroxylation is 2. The molecular weight excluding hydrogens is 290 g/mol. The largest absolute Gasteiger partial charge is 0.483 e. The minimum atomic E-state index is -0.111. The molecule has 20 heavy (non-hydrogen) atoms. The fourth-order valence-electron chi connectivity index (χ4n) is 2.06. The molecule has 0 aliphatic heterocycles. The Morgan fingerprint density at radius 1 is 1.25 bits per heavy atom. The molecule has 0 amide bonds. The molecule has 1 heterocycles. The zero-order chi connectivity index (χ0) is 14.7. The van der Waals surface area contributed by atoms with Crippen LogP contribution in [-0.4, -0.2) is 6.04 Å². The summed E-state index contributed by atoms with van der Waals surface area (Å²) in [7, 11) is 0. The summed E-state index contributed by atoms with van der Waals surface area (Å²) in [6.45, 7) is 6.15. The predicted molar refractivity (Wildman–Crippen MR) is 86.9 cm³/mol. The zero-order valence-electron chi connectivity index (χ0n) is 12.0. The third-order valence-electron chi connectivity index (χ3n) is 3.41. The summed E-state index contributed by atoms with van der Waals surface area (Å²) in [5, 5.41) is 2.83. The van der Waals surface area contributed by atoms with Crippen LogP contribution in [0.4, 0.5) is 0 Å². The highest BCUT2D eigenvalue weighted by Gasteiger charge is 2.23. The van der Waals surface area contributed by atoms with E-state index < -0.39 is 0 Å². The number of hydrogen-bond acceptors (Lipinski definition) is 3. The average Bonchev–Trinajstić information content (AvgIpc) is 2.85. The summed E-state index contributed by atoms with van der Waals surface area (Å²) in [5.41, 5.74) is 8.49. The van der Waals surface area contributed by atoms with Crippen molar-refractivity contribution in [2.75, 3.05) is 0 Å². The molecule has 1 aromatic carbocycles. The third kappa shape index (κ3) is 3.35. The maximum atomic E-state index is 6.25. The fourth-order valence-corrected chi connectivity index (χ4v) is 3.21. The molecule has 0 fully saturated rings. The number of hydrogen-bond donors (Lipinski definition) is 1. The molecule has 0 aliphatic carbocycles. The summed E-state index contributed by atoms with van der Waals surface area (Å²) in [6.07, 6.45) is 0.759. The van der Waals surface area contributed by atoms with E-state index in [1.165, 1.54) is 10.4 Å². The number of rotatable bonds is 5. The van der Waals surface area contributed by atoms with Crippen LogP contribution in [0.1, 0.15) is 35.5 Å². The molecular formula is C16H20ClNOS. The van der Waals surface area contributed by atoms with Crippen molar-refractivity contribution < 1.29 is 4.74 Å². The Morgan fingerprint density at radius 2 is 2.00 bits per heavy atom. The lowest BCUT2D eigenvalue weighted by molar-refractivity contribution is 0.174. The normalized spacial score (nSPS) is 14.1. The van der Waals surface area contributed by atoms with Crippen molar-refractivity contribution in [2.24, 2.45) is 5.73 Å². The van der Waals surface area contributed by atoms with Gasteiger partial charge in [0.05, 0.1) is 0 Å². The standard InChI is InChI=1S/C16H20ClNOS/c1-4-14(18)15(16-10(2)7-8-20-16)19-12-5-6-13(17)11(3)9-12/h5-9,14-15H,4,18H2,1-3H3. The molecule has 2 nitrogen and oxygen atoms in total. The molecule has 0 saturated heterocycles. The van der Waals surface area contributed by atoms with Crippen LogP contribution >= 0.6 is 22.9 Å². The molecule has 0 aliphatic rings. The molecule has 2 N–H and O–H groups in total. The molecule has 0 spiro atoms. The van der Waals surface area contributed by atoms with E-state index in [1.807, 2.05) is 25.1 Å². The Balaban J connectivity index is 2.28. The van der Waals surface area contributed by atoms with Crippen LogP contribution < -0.4 is 10.5 Å². The smallest absolute Gasteiger partial charge is 0.148 e. The van der Waals surface area contributed by atoms with Gasteiger partial charge in [-0.3, -0.25) is 0 Å². The van der Waals surface area contributed by atoms with Crippen molar-refractivity contribution in [1.29, 1.82) is 0 Å². The molecule has 108 valence electrons. The van der Waals surface area contributed by atoms with Crippen molar-refractivity contribution >= 4 is 22.9 Å². The van der Waals surface area contributed by atoms with Crippen LogP contribution in [0.2, 0.25) is 5.02 Å². The Morgan fingerprint density at radius 3 is 2.55 bits per heavy atom. The topological polar surface area (TPSA) is 35.2 Å². The van der Waals surface area contributed by atoms with E-state index in [1.54, 1.807) is 11.3 Å². The van der Waals surface area contributed by atoms with Crippen molar-refractivity contribution in [3.63, 3.8) is 0 Å². The summed E-state index contributed by atoms with van der Waals surface area (Å²) in [6, 6.07) is 7.80. The van der Waals surface area contributed by atoms with Gasteiger partial charge in [0.15, 0.2) is 0 Å². The second-order valence-corrected chi connectivity index (χ2v) is 6.34. The fraction of sp³-hybridized carbons (Fsp3) is 0.375. The van der Waals surface area contributed by atoms with E-state index in [9.17, 15) is 0 Å². The van der Waals surface area contributed by atoms with Gasteiger partial charge in [-0.05, 0) is 61.0 Å². The summed E-state index contributed by atoms with van der Waals surface area (Å²) >= 11 is 7.75. The monoisotopic (exact) mass is 309 g/mol. The van der Waals surface area contributed by atoms with E-state index in [0.717, 1.165) is 22.8 Å². The second-order valence-electron chi connectivity index (χ2n) is 4.99. The van der Waals surface area contributed by atoms with Gasteiger partial charge in [-0.1, -0.05) is 18.5 Å². The first-order valence-electron chi connectivity index (χ1n) is 6.75. The van der Waals surface area contributed by atoms with E-state index >= 15 is 0 Å².